The van der Waals surface area contributed by atoms with Crippen LogP contribution in [0.5, 0.6) is 0 Å². The van der Waals surface area contributed by atoms with Gasteiger partial charge in [0.2, 0.25) is 20.0 Å². The molecule has 0 N–H and O–H groups in total. The van der Waals surface area contributed by atoms with Crippen LogP contribution in [0.3, 0.4) is 0 Å². The van der Waals surface area contributed by atoms with Gasteiger partial charge in [0.1, 0.15) is 0 Å². The van der Waals surface area contributed by atoms with Crippen molar-refractivity contribution in [3.05, 3.63) is 45.6 Å². The predicted octanol–water partition coefficient (Wildman–Crippen LogP) is 3.01. The first-order valence-corrected chi connectivity index (χ1v) is 12.1. The maximum Gasteiger partial charge on any atom is 0.243 e. The molecule has 0 bridgehead atoms. The SMILES string of the molecule is CN(Cc1ccc(Cl)s1)S(=O)(=O)c1ccc(S(=O)(=O)N2CCCC2)cc1. The topological polar surface area (TPSA) is 74.8 Å². The number of thiophene rings is 1. The van der Waals surface area contributed by atoms with E-state index in [-0.39, 0.29) is 16.3 Å². The van der Waals surface area contributed by atoms with Gasteiger partial charge in [-0.2, -0.15) is 8.61 Å². The molecular formula is C16H19ClN2O4S3. The van der Waals surface area contributed by atoms with Gasteiger partial charge in [0.15, 0.2) is 0 Å². The lowest BCUT2D eigenvalue weighted by atomic mass is 10.4. The number of nitrogens with zero attached hydrogens (tertiary/aromatic N) is 2. The van der Waals surface area contributed by atoms with Crippen molar-refractivity contribution in [2.75, 3.05) is 20.1 Å². The average Bonchev–Trinajstić information content (AvgIpc) is 3.27. The zero-order valence-corrected chi connectivity index (χ0v) is 17.3. The zero-order valence-electron chi connectivity index (χ0n) is 14.1. The molecule has 1 fully saturated rings. The van der Waals surface area contributed by atoms with E-state index in [2.05, 4.69) is 0 Å². The molecule has 142 valence electrons. The molecule has 0 saturated carbocycles. The number of hydrogen-bond donors (Lipinski definition) is 0. The largest absolute Gasteiger partial charge is 0.243 e. The first kappa shape index (κ1) is 19.8. The second kappa shape index (κ2) is 7.57. The van der Waals surface area contributed by atoms with E-state index in [4.69, 9.17) is 11.6 Å². The standard InChI is InChI=1S/C16H19ClN2O4S3/c1-18(12-13-4-9-16(17)24-13)25(20,21)14-5-7-15(8-6-14)26(22,23)19-10-2-3-11-19/h4-9H,2-3,10-12H2,1H3. The Bertz CT molecular complexity index is 979. The highest BCUT2D eigenvalue weighted by Crippen LogP contribution is 2.26. The van der Waals surface area contributed by atoms with Gasteiger partial charge in [-0.05, 0) is 49.2 Å². The van der Waals surface area contributed by atoms with Gasteiger partial charge in [0, 0.05) is 31.6 Å². The summed E-state index contributed by atoms with van der Waals surface area (Å²) in [5.74, 6) is 0. The maximum absolute atomic E-state index is 12.7. The minimum atomic E-state index is -3.72. The number of rotatable bonds is 6. The molecule has 3 rings (SSSR count). The van der Waals surface area contributed by atoms with Crippen LogP contribution in [0.25, 0.3) is 0 Å². The van der Waals surface area contributed by atoms with Gasteiger partial charge in [-0.3, -0.25) is 0 Å². The van der Waals surface area contributed by atoms with Gasteiger partial charge >= 0.3 is 0 Å². The van der Waals surface area contributed by atoms with Gasteiger partial charge in [0.05, 0.1) is 14.1 Å². The van der Waals surface area contributed by atoms with Gasteiger partial charge in [-0.15, -0.1) is 11.3 Å². The van der Waals surface area contributed by atoms with Gasteiger partial charge in [-0.25, -0.2) is 16.8 Å². The molecule has 6 nitrogen and oxygen atoms in total. The molecule has 1 aliphatic rings. The summed E-state index contributed by atoms with van der Waals surface area (Å²) < 4.78 is 53.7. The Morgan fingerprint density at radius 3 is 2.12 bits per heavy atom. The Kier molecular flexibility index (Phi) is 5.76. The van der Waals surface area contributed by atoms with Crippen molar-refractivity contribution in [1.82, 2.24) is 8.61 Å². The molecule has 0 aliphatic carbocycles. The van der Waals surface area contributed by atoms with Crippen LogP contribution in [0, 0.1) is 0 Å². The Balaban J connectivity index is 1.80. The highest BCUT2D eigenvalue weighted by Gasteiger charge is 2.28. The van der Waals surface area contributed by atoms with Gasteiger partial charge in [-0.1, -0.05) is 11.6 Å². The van der Waals surface area contributed by atoms with E-state index in [0.717, 1.165) is 17.7 Å². The van der Waals surface area contributed by atoms with E-state index in [0.29, 0.717) is 17.4 Å². The van der Waals surface area contributed by atoms with Crippen molar-refractivity contribution in [2.45, 2.75) is 29.2 Å². The van der Waals surface area contributed by atoms with Crippen LogP contribution in [-0.2, 0) is 26.6 Å². The second-order valence-corrected chi connectivity index (χ2v) is 11.8. The van der Waals surface area contributed by atoms with E-state index in [9.17, 15) is 16.8 Å². The first-order valence-electron chi connectivity index (χ1n) is 8.02. The van der Waals surface area contributed by atoms with E-state index >= 15 is 0 Å². The van der Waals surface area contributed by atoms with Crippen LogP contribution in [0.4, 0.5) is 0 Å². The quantitative estimate of drug-likeness (QED) is 0.700. The minimum Gasteiger partial charge on any atom is -0.207 e. The van der Waals surface area contributed by atoms with Crippen LogP contribution in [-0.4, -0.2) is 45.6 Å². The van der Waals surface area contributed by atoms with Crippen molar-refractivity contribution >= 4 is 43.0 Å². The third-order valence-corrected chi connectivity index (χ3v) is 9.19. The molecule has 1 saturated heterocycles. The molecule has 2 heterocycles. The Labute approximate surface area is 163 Å². The fourth-order valence-electron chi connectivity index (χ4n) is 2.78. The van der Waals surface area contributed by atoms with E-state index < -0.39 is 20.0 Å². The summed E-state index contributed by atoms with van der Waals surface area (Å²) in [6, 6.07) is 8.91. The summed E-state index contributed by atoms with van der Waals surface area (Å²) in [6.45, 7) is 1.22. The van der Waals surface area contributed by atoms with Crippen molar-refractivity contribution in [3.63, 3.8) is 0 Å². The Hall–Kier alpha value is -0.970. The van der Waals surface area contributed by atoms with Crippen molar-refractivity contribution in [1.29, 1.82) is 0 Å². The monoisotopic (exact) mass is 434 g/mol. The summed E-state index contributed by atoms with van der Waals surface area (Å²) in [5.41, 5.74) is 0. The Morgan fingerprint density at radius 1 is 1.00 bits per heavy atom. The predicted molar refractivity (Wildman–Crippen MR) is 102 cm³/mol. The highest BCUT2D eigenvalue weighted by atomic mass is 35.5. The van der Waals surface area contributed by atoms with Crippen LogP contribution < -0.4 is 0 Å². The molecule has 0 unspecified atom stereocenters. The third kappa shape index (κ3) is 3.97. The van der Waals surface area contributed by atoms with E-state index in [1.807, 2.05) is 0 Å². The molecule has 1 aromatic heterocycles. The first-order chi connectivity index (χ1) is 12.2. The maximum atomic E-state index is 12.7. The summed E-state index contributed by atoms with van der Waals surface area (Å²) in [4.78, 5) is 1.00. The molecule has 1 aliphatic heterocycles. The van der Waals surface area contributed by atoms with Gasteiger partial charge in [0.25, 0.3) is 0 Å². The second-order valence-electron chi connectivity index (χ2n) is 6.05. The zero-order chi connectivity index (χ0) is 18.9. The van der Waals surface area contributed by atoms with E-state index in [1.165, 1.54) is 51.3 Å². The summed E-state index contributed by atoms with van der Waals surface area (Å²) in [7, 11) is -5.79. The molecule has 0 amide bonds. The number of halogens is 1. The van der Waals surface area contributed by atoms with Crippen LogP contribution in [0.1, 0.15) is 17.7 Å². The van der Waals surface area contributed by atoms with Crippen molar-refractivity contribution < 1.29 is 16.8 Å². The average molecular weight is 435 g/mol. The number of sulfonamides is 2. The van der Waals surface area contributed by atoms with E-state index in [1.54, 1.807) is 12.1 Å². The third-order valence-electron chi connectivity index (χ3n) is 4.24. The minimum absolute atomic E-state index is 0.0584. The van der Waals surface area contributed by atoms with Crippen LogP contribution in [0.2, 0.25) is 4.34 Å². The number of hydrogen-bond acceptors (Lipinski definition) is 5. The lowest BCUT2D eigenvalue weighted by Gasteiger charge is -2.18. The molecule has 2 aromatic rings. The fraction of sp³-hybridized carbons (Fsp3) is 0.375. The summed E-state index contributed by atoms with van der Waals surface area (Å²) in [6.07, 6.45) is 1.70. The van der Waals surface area contributed by atoms with Crippen molar-refractivity contribution in [3.8, 4) is 0 Å². The smallest absolute Gasteiger partial charge is 0.207 e. The highest BCUT2D eigenvalue weighted by molar-refractivity contribution is 7.89. The fourth-order valence-corrected chi connectivity index (χ4v) is 6.67. The lowest BCUT2D eigenvalue weighted by Crippen LogP contribution is -2.28. The molecular weight excluding hydrogens is 416 g/mol. The molecule has 1 aromatic carbocycles. The molecule has 0 atom stereocenters. The number of benzene rings is 1. The van der Waals surface area contributed by atoms with Crippen molar-refractivity contribution in [2.24, 2.45) is 0 Å². The van der Waals surface area contributed by atoms with Crippen LogP contribution >= 0.6 is 22.9 Å². The Morgan fingerprint density at radius 2 is 1.58 bits per heavy atom. The molecule has 26 heavy (non-hydrogen) atoms. The molecule has 10 heteroatoms. The summed E-state index contributed by atoms with van der Waals surface area (Å²) in [5, 5.41) is 0. The lowest BCUT2D eigenvalue weighted by molar-refractivity contribution is 0.469. The normalized spacial score (nSPS) is 16.4. The molecule has 0 radical (unpaired) electrons. The molecule has 0 spiro atoms. The summed E-state index contributed by atoms with van der Waals surface area (Å²) >= 11 is 7.20. The van der Waals surface area contributed by atoms with Crippen LogP contribution in [0.15, 0.2) is 46.2 Å². The van der Waals surface area contributed by atoms with Gasteiger partial charge < -0.3 is 0 Å².